The Balaban J connectivity index is 2.06. The monoisotopic (exact) mass is 585 g/mol. The summed E-state index contributed by atoms with van der Waals surface area (Å²) in [5, 5.41) is 3.50. The molecule has 1 N–H and O–H groups in total. The van der Waals surface area contributed by atoms with Gasteiger partial charge >= 0.3 is 0 Å². The zero-order chi connectivity index (χ0) is 29.3. The van der Waals surface area contributed by atoms with Gasteiger partial charge in [0, 0.05) is 24.5 Å². The molecular weight excluding hydrogens is 550 g/mol. The third-order valence-electron chi connectivity index (χ3n) is 6.25. The molecule has 214 valence electrons. The Morgan fingerprint density at radius 1 is 0.925 bits per heavy atom. The van der Waals surface area contributed by atoms with Crippen molar-refractivity contribution < 1.29 is 22.7 Å². The van der Waals surface area contributed by atoms with Crippen LogP contribution in [0.4, 0.5) is 5.69 Å². The van der Waals surface area contributed by atoms with E-state index in [-0.39, 0.29) is 30.5 Å². The number of hydrogen-bond acceptors (Lipinski definition) is 5. The van der Waals surface area contributed by atoms with Gasteiger partial charge < -0.3 is 15.0 Å². The van der Waals surface area contributed by atoms with Crippen molar-refractivity contribution in [3.8, 4) is 5.75 Å². The minimum atomic E-state index is -3.90. The highest BCUT2D eigenvalue weighted by atomic mass is 35.5. The van der Waals surface area contributed by atoms with Gasteiger partial charge in [0.1, 0.15) is 18.3 Å². The standard InChI is InChI=1S/C30H36ClN3O5S/c1-22(2)19-32-30(36)27(18-23-10-6-5-7-11-23)33(20-24-14-16-25(31)17-15-24)29(35)21-34(40(4,37)38)26-12-8-9-13-28(26)39-3/h5-17,22,27H,18-21H2,1-4H3,(H,32,36)/t27-/m0/s1. The van der Waals surface area contributed by atoms with Gasteiger partial charge in [0.05, 0.1) is 19.1 Å². The summed E-state index contributed by atoms with van der Waals surface area (Å²) in [6.07, 6.45) is 1.28. The molecule has 0 bridgehead atoms. The predicted octanol–water partition coefficient (Wildman–Crippen LogP) is 4.53. The highest BCUT2D eigenvalue weighted by Gasteiger charge is 2.33. The summed E-state index contributed by atoms with van der Waals surface area (Å²) in [6, 6.07) is 22.1. The van der Waals surface area contributed by atoms with Crippen LogP contribution in [0.25, 0.3) is 0 Å². The molecule has 0 aliphatic rings. The Morgan fingerprint density at radius 2 is 1.55 bits per heavy atom. The minimum absolute atomic E-state index is 0.0755. The Kier molecular flexibility index (Phi) is 11.0. The van der Waals surface area contributed by atoms with E-state index < -0.39 is 28.5 Å². The Morgan fingerprint density at radius 3 is 2.15 bits per heavy atom. The van der Waals surface area contributed by atoms with E-state index in [9.17, 15) is 18.0 Å². The third-order valence-corrected chi connectivity index (χ3v) is 7.63. The lowest BCUT2D eigenvalue weighted by Crippen LogP contribution is -2.53. The number of rotatable bonds is 13. The van der Waals surface area contributed by atoms with Crippen molar-refractivity contribution in [2.45, 2.75) is 32.9 Å². The molecule has 0 heterocycles. The fourth-order valence-electron chi connectivity index (χ4n) is 4.19. The summed E-state index contributed by atoms with van der Waals surface area (Å²) in [5.41, 5.74) is 1.85. The Hall–Kier alpha value is -3.56. The summed E-state index contributed by atoms with van der Waals surface area (Å²) < 4.78 is 32.3. The molecule has 0 fully saturated rings. The summed E-state index contributed by atoms with van der Waals surface area (Å²) in [5.74, 6) is -0.344. The van der Waals surface area contributed by atoms with Crippen LogP contribution in [0.2, 0.25) is 5.02 Å². The molecule has 0 aliphatic carbocycles. The molecule has 40 heavy (non-hydrogen) atoms. The molecular formula is C30H36ClN3O5S. The maximum absolute atomic E-state index is 14.1. The Labute approximate surface area is 241 Å². The van der Waals surface area contributed by atoms with Crippen molar-refractivity contribution in [1.82, 2.24) is 10.2 Å². The topological polar surface area (TPSA) is 96.0 Å². The molecule has 3 rings (SSSR count). The summed E-state index contributed by atoms with van der Waals surface area (Å²) in [6.45, 7) is 3.96. The summed E-state index contributed by atoms with van der Waals surface area (Å²) in [7, 11) is -2.46. The highest BCUT2D eigenvalue weighted by Crippen LogP contribution is 2.30. The third kappa shape index (κ3) is 8.72. The van der Waals surface area contributed by atoms with Crippen molar-refractivity contribution in [2.24, 2.45) is 5.92 Å². The van der Waals surface area contributed by atoms with Gasteiger partial charge in [-0.05, 0) is 41.3 Å². The van der Waals surface area contributed by atoms with Crippen molar-refractivity contribution in [2.75, 3.05) is 30.8 Å². The van der Waals surface area contributed by atoms with E-state index in [1.807, 2.05) is 44.2 Å². The fraction of sp³-hybridized carbons (Fsp3) is 0.333. The van der Waals surface area contributed by atoms with E-state index in [2.05, 4.69) is 5.32 Å². The average molecular weight is 586 g/mol. The zero-order valence-electron chi connectivity index (χ0n) is 23.2. The first-order valence-corrected chi connectivity index (χ1v) is 15.2. The van der Waals surface area contributed by atoms with E-state index in [4.69, 9.17) is 16.3 Å². The fourth-order valence-corrected chi connectivity index (χ4v) is 5.17. The first-order valence-electron chi connectivity index (χ1n) is 13.0. The number of halogens is 1. The normalized spacial score (nSPS) is 12.1. The molecule has 0 radical (unpaired) electrons. The minimum Gasteiger partial charge on any atom is -0.495 e. The number of benzene rings is 3. The van der Waals surface area contributed by atoms with Gasteiger partial charge in [-0.25, -0.2) is 8.42 Å². The largest absolute Gasteiger partial charge is 0.495 e. The number of methoxy groups -OCH3 is 1. The van der Waals surface area contributed by atoms with E-state index in [0.29, 0.717) is 17.3 Å². The van der Waals surface area contributed by atoms with Crippen LogP contribution in [0.1, 0.15) is 25.0 Å². The van der Waals surface area contributed by atoms with Crippen LogP contribution in [0.5, 0.6) is 5.75 Å². The van der Waals surface area contributed by atoms with E-state index in [1.54, 1.807) is 48.5 Å². The number of sulfonamides is 1. The lowest BCUT2D eigenvalue weighted by atomic mass is 10.0. The van der Waals surface area contributed by atoms with Crippen molar-refractivity contribution in [3.05, 3.63) is 95.0 Å². The predicted molar refractivity (Wildman–Crippen MR) is 159 cm³/mol. The number of nitrogens with one attached hydrogen (secondary N) is 1. The van der Waals surface area contributed by atoms with Gasteiger partial charge in [-0.2, -0.15) is 0 Å². The van der Waals surface area contributed by atoms with E-state index in [1.165, 1.54) is 12.0 Å². The molecule has 0 saturated carbocycles. The molecule has 10 heteroatoms. The van der Waals surface area contributed by atoms with Crippen molar-refractivity contribution >= 4 is 39.1 Å². The lowest BCUT2D eigenvalue weighted by Gasteiger charge is -2.34. The van der Waals surface area contributed by atoms with Gasteiger partial charge in [0.15, 0.2) is 0 Å². The molecule has 3 aromatic rings. The SMILES string of the molecule is COc1ccccc1N(CC(=O)N(Cc1ccc(Cl)cc1)[C@@H](Cc1ccccc1)C(=O)NCC(C)C)S(C)(=O)=O. The number of anilines is 1. The van der Waals surface area contributed by atoms with Gasteiger partial charge in [-0.3, -0.25) is 13.9 Å². The van der Waals surface area contributed by atoms with Crippen LogP contribution in [0, 0.1) is 5.92 Å². The number of hydrogen-bond donors (Lipinski definition) is 1. The number of nitrogens with zero attached hydrogens (tertiary/aromatic N) is 2. The number of carbonyl (C=O) groups is 2. The number of amides is 2. The van der Waals surface area contributed by atoms with E-state index >= 15 is 0 Å². The number of para-hydroxylation sites is 2. The molecule has 0 unspecified atom stereocenters. The maximum atomic E-state index is 14.1. The number of ether oxygens (including phenoxy) is 1. The maximum Gasteiger partial charge on any atom is 0.244 e. The smallest absolute Gasteiger partial charge is 0.244 e. The van der Waals surface area contributed by atoms with Crippen LogP contribution in [0.3, 0.4) is 0 Å². The molecule has 1 atom stereocenters. The van der Waals surface area contributed by atoms with Gasteiger partial charge in [0.2, 0.25) is 21.8 Å². The van der Waals surface area contributed by atoms with Crippen molar-refractivity contribution in [1.29, 1.82) is 0 Å². The van der Waals surface area contributed by atoms with Crippen molar-refractivity contribution in [3.63, 3.8) is 0 Å². The second kappa shape index (κ2) is 14.2. The highest BCUT2D eigenvalue weighted by molar-refractivity contribution is 7.92. The first kappa shape index (κ1) is 31.0. The number of carbonyl (C=O) groups excluding carboxylic acids is 2. The Bertz CT molecular complexity index is 1380. The molecule has 0 aromatic heterocycles. The summed E-state index contributed by atoms with van der Waals surface area (Å²) >= 11 is 6.09. The van der Waals surface area contributed by atoms with Crippen LogP contribution < -0.4 is 14.4 Å². The summed E-state index contributed by atoms with van der Waals surface area (Å²) in [4.78, 5) is 29.2. The van der Waals surface area contributed by atoms with Gasteiger partial charge in [-0.1, -0.05) is 80.0 Å². The molecule has 8 nitrogen and oxygen atoms in total. The van der Waals surface area contributed by atoms with Gasteiger partial charge in [-0.15, -0.1) is 0 Å². The molecule has 0 spiro atoms. The van der Waals surface area contributed by atoms with Crippen LogP contribution >= 0.6 is 11.6 Å². The van der Waals surface area contributed by atoms with Crippen LogP contribution in [-0.4, -0.2) is 57.6 Å². The first-order chi connectivity index (χ1) is 19.0. The second-order valence-electron chi connectivity index (χ2n) is 9.93. The second-order valence-corrected chi connectivity index (χ2v) is 12.3. The molecule has 0 saturated heterocycles. The van der Waals surface area contributed by atoms with E-state index in [0.717, 1.165) is 21.7 Å². The molecule has 0 aliphatic heterocycles. The van der Waals surface area contributed by atoms with Crippen LogP contribution in [-0.2, 0) is 32.6 Å². The molecule has 3 aromatic carbocycles. The van der Waals surface area contributed by atoms with Gasteiger partial charge in [0.25, 0.3) is 0 Å². The average Bonchev–Trinajstić information content (AvgIpc) is 2.93. The quantitative estimate of drug-likeness (QED) is 0.318. The van der Waals surface area contributed by atoms with Crippen LogP contribution in [0.15, 0.2) is 78.9 Å². The lowest BCUT2D eigenvalue weighted by molar-refractivity contribution is -0.140. The zero-order valence-corrected chi connectivity index (χ0v) is 24.8. The molecule has 2 amide bonds.